The molecule has 98 valence electrons. The van der Waals surface area contributed by atoms with Crippen LogP contribution >= 0.6 is 0 Å². The smallest absolute Gasteiger partial charge is 0.326 e. The molecule has 1 fully saturated rings. The predicted octanol–water partition coefficient (Wildman–Crippen LogP) is 0.341. The van der Waals surface area contributed by atoms with Gasteiger partial charge in [-0.05, 0) is 30.8 Å². The molecule has 1 saturated carbocycles. The minimum atomic E-state index is -1.01. The van der Waals surface area contributed by atoms with Crippen LogP contribution in [0.25, 0.3) is 0 Å². The summed E-state index contributed by atoms with van der Waals surface area (Å²) in [5.41, 5.74) is 0. The summed E-state index contributed by atoms with van der Waals surface area (Å²) < 4.78 is 9.82. The van der Waals surface area contributed by atoms with Gasteiger partial charge in [0.15, 0.2) is 6.61 Å². The normalized spacial score (nSPS) is 16.1. The first-order valence-corrected chi connectivity index (χ1v) is 5.64. The van der Waals surface area contributed by atoms with Crippen LogP contribution in [0, 0.1) is 12.8 Å². The zero-order valence-electron chi connectivity index (χ0n) is 9.88. The number of aromatic nitrogens is 1. The number of ether oxygens (including phenoxy) is 1. The zero-order valence-corrected chi connectivity index (χ0v) is 9.88. The molecule has 1 aromatic heterocycles. The molecule has 1 aromatic rings. The van der Waals surface area contributed by atoms with E-state index in [0.29, 0.717) is 5.76 Å². The van der Waals surface area contributed by atoms with E-state index in [4.69, 9.17) is 14.4 Å². The predicted molar refractivity (Wildman–Crippen MR) is 59.0 cm³/mol. The number of rotatable bonds is 6. The quantitative estimate of drug-likeness (QED) is 0.759. The molecule has 1 aliphatic carbocycles. The van der Waals surface area contributed by atoms with Crippen molar-refractivity contribution < 1.29 is 24.0 Å². The monoisotopic (exact) mass is 254 g/mol. The molecule has 0 aliphatic heterocycles. The van der Waals surface area contributed by atoms with Crippen molar-refractivity contribution >= 4 is 11.9 Å². The van der Waals surface area contributed by atoms with Crippen molar-refractivity contribution in [2.24, 2.45) is 5.92 Å². The maximum absolute atomic E-state index is 11.5. The number of carboxylic acid groups (broad SMARTS) is 1. The van der Waals surface area contributed by atoms with E-state index in [1.807, 2.05) is 0 Å². The van der Waals surface area contributed by atoms with E-state index in [0.717, 1.165) is 12.8 Å². The minimum absolute atomic E-state index is 0.0424. The maximum atomic E-state index is 11.5. The molecule has 1 atom stereocenters. The summed E-state index contributed by atoms with van der Waals surface area (Å²) in [5.74, 6) is -0.661. The number of aliphatic carboxylic acids is 1. The SMILES string of the molecule is Cc1cc(OCC(=O)NC(C(=O)O)C2CC2)no1. The van der Waals surface area contributed by atoms with Gasteiger partial charge < -0.3 is 19.7 Å². The van der Waals surface area contributed by atoms with Crippen LogP contribution < -0.4 is 10.1 Å². The van der Waals surface area contributed by atoms with Crippen molar-refractivity contribution in [2.75, 3.05) is 6.61 Å². The van der Waals surface area contributed by atoms with E-state index in [9.17, 15) is 9.59 Å². The summed E-state index contributed by atoms with van der Waals surface area (Å²) in [7, 11) is 0. The summed E-state index contributed by atoms with van der Waals surface area (Å²) in [4.78, 5) is 22.4. The summed E-state index contributed by atoms with van der Waals surface area (Å²) in [6.07, 6.45) is 1.67. The van der Waals surface area contributed by atoms with Crippen LogP contribution in [0.15, 0.2) is 10.6 Å². The van der Waals surface area contributed by atoms with Gasteiger partial charge in [0.05, 0.1) is 0 Å². The van der Waals surface area contributed by atoms with Crippen molar-refractivity contribution in [3.63, 3.8) is 0 Å². The second-order valence-corrected chi connectivity index (χ2v) is 4.29. The highest BCUT2D eigenvalue weighted by atomic mass is 16.5. The molecular weight excluding hydrogens is 240 g/mol. The standard InChI is InChI=1S/C11H14N2O5/c1-6-4-9(13-18-6)17-5-8(14)12-10(11(15)16)7-2-3-7/h4,7,10H,2-3,5H2,1H3,(H,12,14)(H,15,16). The number of carbonyl (C=O) groups is 2. The lowest BCUT2D eigenvalue weighted by Gasteiger charge is -2.13. The lowest BCUT2D eigenvalue weighted by molar-refractivity contribution is -0.142. The number of hydrogen-bond acceptors (Lipinski definition) is 5. The van der Waals surface area contributed by atoms with Crippen LogP contribution in [0.1, 0.15) is 18.6 Å². The molecule has 1 heterocycles. The molecule has 1 unspecified atom stereocenters. The summed E-state index contributed by atoms with van der Waals surface area (Å²) in [6.45, 7) is 1.43. The Morgan fingerprint density at radius 3 is 2.89 bits per heavy atom. The third kappa shape index (κ3) is 3.22. The lowest BCUT2D eigenvalue weighted by atomic mass is 10.2. The van der Waals surface area contributed by atoms with E-state index in [1.165, 1.54) is 0 Å². The molecule has 18 heavy (non-hydrogen) atoms. The van der Waals surface area contributed by atoms with Crippen LogP contribution in [0.2, 0.25) is 0 Å². The Bertz CT molecular complexity index is 452. The fourth-order valence-corrected chi connectivity index (χ4v) is 1.58. The second-order valence-electron chi connectivity index (χ2n) is 4.29. The average Bonchev–Trinajstić information content (AvgIpc) is 3.06. The molecule has 0 saturated heterocycles. The zero-order chi connectivity index (χ0) is 13.1. The number of carboxylic acids is 1. The van der Waals surface area contributed by atoms with Crippen molar-refractivity contribution in [3.05, 3.63) is 11.8 Å². The van der Waals surface area contributed by atoms with Gasteiger partial charge >= 0.3 is 5.97 Å². The van der Waals surface area contributed by atoms with Gasteiger partial charge in [-0.1, -0.05) is 0 Å². The molecular formula is C11H14N2O5. The maximum Gasteiger partial charge on any atom is 0.326 e. The van der Waals surface area contributed by atoms with Gasteiger partial charge in [0, 0.05) is 6.07 Å². The third-order valence-corrected chi connectivity index (χ3v) is 2.63. The molecule has 0 spiro atoms. The fraction of sp³-hybridized carbons (Fsp3) is 0.545. The number of amides is 1. The fourth-order valence-electron chi connectivity index (χ4n) is 1.58. The van der Waals surface area contributed by atoms with Gasteiger partial charge in [-0.2, -0.15) is 0 Å². The van der Waals surface area contributed by atoms with Crippen molar-refractivity contribution in [1.29, 1.82) is 0 Å². The molecule has 1 amide bonds. The highest BCUT2D eigenvalue weighted by Crippen LogP contribution is 2.32. The third-order valence-electron chi connectivity index (χ3n) is 2.63. The Morgan fingerprint density at radius 1 is 1.67 bits per heavy atom. The van der Waals surface area contributed by atoms with E-state index in [1.54, 1.807) is 13.0 Å². The van der Waals surface area contributed by atoms with E-state index in [2.05, 4.69) is 10.5 Å². The Balaban J connectivity index is 1.79. The minimum Gasteiger partial charge on any atom is -0.480 e. The van der Waals surface area contributed by atoms with E-state index < -0.39 is 17.9 Å². The van der Waals surface area contributed by atoms with Gasteiger partial charge in [0.2, 0.25) is 0 Å². The first-order chi connectivity index (χ1) is 8.56. The van der Waals surface area contributed by atoms with E-state index >= 15 is 0 Å². The van der Waals surface area contributed by atoms with Crippen molar-refractivity contribution in [2.45, 2.75) is 25.8 Å². The van der Waals surface area contributed by atoms with Crippen LogP contribution in [-0.2, 0) is 9.59 Å². The summed E-state index contributed by atoms with van der Waals surface area (Å²) >= 11 is 0. The molecule has 0 aromatic carbocycles. The molecule has 1 aliphatic rings. The van der Waals surface area contributed by atoms with Crippen LogP contribution in [-0.4, -0.2) is 34.8 Å². The van der Waals surface area contributed by atoms with Crippen molar-refractivity contribution in [1.82, 2.24) is 10.5 Å². The highest BCUT2D eigenvalue weighted by Gasteiger charge is 2.37. The van der Waals surface area contributed by atoms with Gasteiger partial charge in [0.25, 0.3) is 11.8 Å². The number of hydrogen-bond donors (Lipinski definition) is 2. The number of nitrogens with zero attached hydrogens (tertiary/aromatic N) is 1. The van der Waals surface area contributed by atoms with Gasteiger partial charge in [-0.3, -0.25) is 4.79 Å². The van der Waals surface area contributed by atoms with Gasteiger partial charge in [-0.25, -0.2) is 4.79 Å². The molecule has 7 nitrogen and oxygen atoms in total. The van der Waals surface area contributed by atoms with Crippen molar-refractivity contribution in [3.8, 4) is 5.88 Å². The molecule has 0 bridgehead atoms. The first kappa shape index (κ1) is 12.4. The summed E-state index contributed by atoms with van der Waals surface area (Å²) in [6, 6.07) is 0.725. The Morgan fingerprint density at radius 2 is 2.39 bits per heavy atom. The van der Waals surface area contributed by atoms with Gasteiger partial charge in [0.1, 0.15) is 11.8 Å². The Hall–Kier alpha value is -2.05. The second kappa shape index (κ2) is 5.07. The average molecular weight is 254 g/mol. The topological polar surface area (TPSA) is 102 Å². The largest absolute Gasteiger partial charge is 0.480 e. The number of nitrogens with one attached hydrogen (secondary N) is 1. The molecule has 7 heteroatoms. The number of aryl methyl sites for hydroxylation is 1. The summed E-state index contributed by atoms with van der Waals surface area (Å²) in [5, 5.41) is 14.9. The Kier molecular flexibility index (Phi) is 3.50. The van der Waals surface area contributed by atoms with Crippen LogP contribution in [0.5, 0.6) is 5.88 Å². The van der Waals surface area contributed by atoms with Gasteiger partial charge in [-0.15, -0.1) is 0 Å². The highest BCUT2D eigenvalue weighted by molar-refractivity contribution is 5.84. The molecule has 0 radical (unpaired) electrons. The van der Waals surface area contributed by atoms with Crippen LogP contribution in [0.4, 0.5) is 0 Å². The molecule has 2 N–H and O–H groups in total. The van der Waals surface area contributed by atoms with Crippen LogP contribution in [0.3, 0.4) is 0 Å². The van der Waals surface area contributed by atoms with E-state index in [-0.39, 0.29) is 18.4 Å². The lowest BCUT2D eigenvalue weighted by Crippen LogP contribution is -2.44. The Labute approximate surface area is 103 Å². The first-order valence-electron chi connectivity index (χ1n) is 5.64. The molecule has 2 rings (SSSR count). The number of carbonyl (C=O) groups excluding carboxylic acids is 1.